The Morgan fingerprint density at radius 2 is 2.00 bits per heavy atom. The predicted octanol–water partition coefficient (Wildman–Crippen LogP) is 3.62. The van der Waals surface area contributed by atoms with Crippen LogP contribution in [-0.2, 0) is 6.61 Å². The molecule has 120 valence electrons. The lowest BCUT2D eigenvalue weighted by molar-refractivity contribution is 0.0941. The maximum atomic E-state index is 12.2. The van der Waals surface area contributed by atoms with Gasteiger partial charge in [-0.15, -0.1) is 0 Å². The standard InChI is InChI=1S/C19H17N3O2/c1-13(2)19(23)15-11-21-22-16(15)8-9-18(17(22)10-20)24-12-14-6-4-3-5-7-14/h3-9,11,13H,12H2,1-2H3. The molecule has 3 rings (SSSR count). The Morgan fingerprint density at radius 1 is 1.25 bits per heavy atom. The van der Waals surface area contributed by atoms with Gasteiger partial charge in [0.25, 0.3) is 0 Å². The highest BCUT2D eigenvalue weighted by atomic mass is 16.5. The van der Waals surface area contributed by atoms with Gasteiger partial charge in [0.15, 0.2) is 17.2 Å². The minimum Gasteiger partial charge on any atom is -0.486 e. The minimum atomic E-state index is -0.127. The fraction of sp³-hybridized carbons (Fsp3) is 0.211. The van der Waals surface area contributed by atoms with E-state index in [1.54, 1.807) is 12.1 Å². The van der Waals surface area contributed by atoms with Crippen LogP contribution in [0.15, 0.2) is 48.7 Å². The van der Waals surface area contributed by atoms with Crippen molar-refractivity contribution < 1.29 is 9.53 Å². The van der Waals surface area contributed by atoms with Crippen LogP contribution in [0.3, 0.4) is 0 Å². The van der Waals surface area contributed by atoms with E-state index in [1.165, 1.54) is 10.7 Å². The largest absolute Gasteiger partial charge is 0.486 e. The highest BCUT2D eigenvalue weighted by Gasteiger charge is 2.19. The van der Waals surface area contributed by atoms with Gasteiger partial charge in [-0.1, -0.05) is 44.2 Å². The molecule has 0 fully saturated rings. The summed E-state index contributed by atoms with van der Waals surface area (Å²) in [5.74, 6) is 0.324. The van der Waals surface area contributed by atoms with Gasteiger partial charge in [-0.05, 0) is 17.7 Å². The number of carbonyl (C=O) groups excluding carboxylic acids is 1. The number of pyridine rings is 1. The van der Waals surface area contributed by atoms with Gasteiger partial charge >= 0.3 is 0 Å². The average molecular weight is 319 g/mol. The molecule has 1 aromatic carbocycles. The van der Waals surface area contributed by atoms with E-state index in [4.69, 9.17) is 4.74 Å². The van der Waals surface area contributed by atoms with Crippen molar-refractivity contribution in [1.29, 1.82) is 5.26 Å². The third-order valence-corrected chi connectivity index (χ3v) is 3.78. The third-order valence-electron chi connectivity index (χ3n) is 3.78. The summed E-state index contributed by atoms with van der Waals surface area (Å²) in [5.41, 5.74) is 2.44. The van der Waals surface area contributed by atoms with Crippen LogP contribution in [0, 0.1) is 17.2 Å². The fourth-order valence-electron chi connectivity index (χ4n) is 2.49. The molecule has 5 heteroatoms. The number of carbonyl (C=O) groups is 1. The van der Waals surface area contributed by atoms with Crippen molar-refractivity contribution in [3.8, 4) is 11.8 Å². The van der Waals surface area contributed by atoms with Gasteiger partial charge in [0.05, 0.1) is 17.3 Å². The van der Waals surface area contributed by atoms with E-state index in [0.717, 1.165) is 5.56 Å². The van der Waals surface area contributed by atoms with Crippen LogP contribution in [0.25, 0.3) is 5.52 Å². The molecule has 5 nitrogen and oxygen atoms in total. The molecule has 0 unspecified atom stereocenters. The zero-order valence-corrected chi connectivity index (χ0v) is 13.6. The number of fused-ring (bicyclic) bond motifs is 1. The van der Waals surface area contributed by atoms with Gasteiger partial charge in [-0.2, -0.15) is 10.4 Å². The van der Waals surface area contributed by atoms with Crippen molar-refractivity contribution in [2.45, 2.75) is 20.5 Å². The van der Waals surface area contributed by atoms with Crippen molar-refractivity contribution in [3.05, 3.63) is 65.5 Å². The maximum Gasteiger partial charge on any atom is 0.184 e. The highest BCUT2D eigenvalue weighted by molar-refractivity contribution is 6.03. The Kier molecular flexibility index (Phi) is 4.30. The second-order valence-corrected chi connectivity index (χ2v) is 5.81. The van der Waals surface area contributed by atoms with Crippen molar-refractivity contribution >= 4 is 11.3 Å². The Morgan fingerprint density at radius 3 is 2.67 bits per heavy atom. The van der Waals surface area contributed by atoms with Crippen LogP contribution >= 0.6 is 0 Å². The summed E-state index contributed by atoms with van der Waals surface area (Å²) < 4.78 is 7.24. The number of Topliss-reactive ketones (excluding diaryl/α,β-unsaturated/α-hetero) is 1. The van der Waals surface area contributed by atoms with E-state index in [9.17, 15) is 10.1 Å². The lowest BCUT2D eigenvalue weighted by atomic mass is 10.0. The Labute approximate surface area is 140 Å². The molecular weight excluding hydrogens is 302 g/mol. The predicted molar refractivity (Wildman–Crippen MR) is 89.8 cm³/mol. The summed E-state index contributed by atoms with van der Waals surface area (Å²) in [6, 6.07) is 15.3. The van der Waals surface area contributed by atoms with E-state index in [1.807, 2.05) is 44.2 Å². The average Bonchev–Trinajstić information content (AvgIpc) is 3.03. The number of nitriles is 1. The first-order valence-corrected chi connectivity index (χ1v) is 7.73. The number of ether oxygens (including phenoxy) is 1. The second kappa shape index (κ2) is 6.55. The summed E-state index contributed by atoms with van der Waals surface area (Å²) >= 11 is 0. The Bertz CT molecular complexity index is 921. The molecule has 2 aromatic heterocycles. The van der Waals surface area contributed by atoms with Gasteiger partial charge < -0.3 is 4.74 Å². The van der Waals surface area contributed by atoms with E-state index >= 15 is 0 Å². The molecule has 0 atom stereocenters. The molecule has 0 amide bonds. The van der Waals surface area contributed by atoms with Crippen LogP contribution in [0.2, 0.25) is 0 Å². The summed E-state index contributed by atoms with van der Waals surface area (Å²) in [6.45, 7) is 4.04. The van der Waals surface area contributed by atoms with Crippen molar-refractivity contribution in [2.24, 2.45) is 5.92 Å². The van der Waals surface area contributed by atoms with Crippen LogP contribution in [0.5, 0.6) is 5.75 Å². The molecular formula is C19H17N3O2. The molecule has 2 heterocycles. The monoisotopic (exact) mass is 319 g/mol. The van der Waals surface area contributed by atoms with Gasteiger partial charge in [-0.25, -0.2) is 4.52 Å². The topological polar surface area (TPSA) is 67.4 Å². The molecule has 0 bridgehead atoms. The molecule has 0 radical (unpaired) electrons. The highest BCUT2D eigenvalue weighted by Crippen LogP contribution is 2.24. The number of hydrogen-bond donors (Lipinski definition) is 0. The van der Waals surface area contributed by atoms with E-state index in [-0.39, 0.29) is 17.4 Å². The molecule has 0 aliphatic heterocycles. The van der Waals surface area contributed by atoms with E-state index in [0.29, 0.717) is 23.4 Å². The van der Waals surface area contributed by atoms with Crippen LogP contribution < -0.4 is 4.74 Å². The SMILES string of the molecule is CC(C)C(=O)c1cnn2c(C#N)c(OCc3ccccc3)ccc12. The Balaban J connectivity index is 1.96. The normalized spacial score (nSPS) is 10.8. The molecule has 0 N–H and O–H groups in total. The first-order valence-electron chi connectivity index (χ1n) is 7.73. The molecule has 24 heavy (non-hydrogen) atoms. The summed E-state index contributed by atoms with van der Waals surface area (Å²) in [4.78, 5) is 12.2. The first kappa shape index (κ1) is 15.8. The number of ketones is 1. The molecule has 0 aliphatic carbocycles. The van der Waals surface area contributed by atoms with Gasteiger partial charge in [0.1, 0.15) is 12.7 Å². The molecule has 0 saturated heterocycles. The summed E-state index contributed by atoms with van der Waals surface area (Å²) in [7, 11) is 0. The summed E-state index contributed by atoms with van der Waals surface area (Å²) in [5, 5.41) is 13.7. The number of benzene rings is 1. The quantitative estimate of drug-likeness (QED) is 0.674. The van der Waals surface area contributed by atoms with Crippen LogP contribution in [0.4, 0.5) is 0 Å². The Hall–Kier alpha value is -3.13. The van der Waals surface area contributed by atoms with Gasteiger partial charge in [0, 0.05) is 5.92 Å². The number of nitrogens with zero attached hydrogens (tertiary/aromatic N) is 3. The van der Waals surface area contributed by atoms with Gasteiger partial charge in [-0.3, -0.25) is 4.79 Å². The smallest absolute Gasteiger partial charge is 0.184 e. The van der Waals surface area contributed by atoms with E-state index < -0.39 is 0 Å². The number of aromatic nitrogens is 2. The van der Waals surface area contributed by atoms with Gasteiger partial charge in [0.2, 0.25) is 0 Å². The van der Waals surface area contributed by atoms with Crippen LogP contribution in [0.1, 0.15) is 35.5 Å². The third kappa shape index (κ3) is 2.86. The molecule has 3 aromatic rings. The molecule has 0 spiro atoms. The number of rotatable bonds is 5. The number of hydrogen-bond acceptors (Lipinski definition) is 4. The second-order valence-electron chi connectivity index (χ2n) is 5.81. The first-order chi connectivity index (χ1) is 11.6. The summed E-state index contributed by atoms with van der Waals surface area (Å²) in [6.07, 6.45) is 1.51. The minimum absolute atomic E-state index is 0.00634. The lowest BCUT2D eigenvalue weighted by Gasteiger charge is -2.09. The zero-order chi connectivity index (χ0) is 17.1. The maximum absolute atomic E-state index is 12.2. The van der Waals surface area contributed by atoms with Crippen molar-refractivity contribution in [3.63, 3.8) is 0 Å². The van der Waals surface area contributed by atoms with E-state index in [2.05, 4.69) is 11.2 Å². The molecule has 0 saturated carbocycles. The fourth-order valence-corrected chi connectivity index (χ4v) is 2.49. The lowest BCUT2D eigenvalue weighted by Crippen LogP contribution is -2.07. The zero-order valence-electron chi connectivity index (χ0n) is 13.6. The van der Waals surface area contributed by atoms with Crippen molar-refractivity contribution in [2.75, 3.05) is 0 Å². The van der Waals surface area contributed by atoms with Crippen LogP contribution in [-0.4, -0.2) is 15.4 Å². The molecule has 0 aliphatic rings. The van der Waals surface area contributed by atoms with Crippen molar-refractivity contribution in [1.82, 2.24) is 9.61 Å².